The summed E-state index contributed by atoms with van der Waals surface area (Å²) in [5.74, 6) is 1.38. The first-order valence-corrected chi connectivity index (χ1v) is 9.02. The molecule has 0 saturated heterocycles. The number of aryl methyl sites for hydroxylation is 1. The van der Waals surface area contributed by atoms with E-state index in [1.807, 2.05) is 41.8 Å². The number of aromatic nitrogens is 3. The number of fused-ring (bicyclic) bond motifs is 3. The van der Waals surface area contributed by atoms with Gasteiger partial charge in [-0.1, -0.05) is 31.2 Å². The van der Waals surface area contributed by atoms with Gasteiger partial charge in [0.05, 0.1) is 28.7 Å². The highest BCUT2D eigenvalue weighted by molar-refractivity contribution is 6.16. The number of hydrogen-bond donors (Lipinski definition) is 1. The molecule has 1 aromatic heterocycles. The first-order chi connectivity index (χ1) is 13.6. The van der Waals surface area contributed by atoms with Gasteiger partial charge in [0.15, 0.2) is 5.82 Å². The summed E-state index contributed by atoms with van der Waals surface area (Å²) in [5, 5.41) is 20.6. The molecular weight excluding hydrogens is 352 g/mol. The first kappa shape index (κ1) is 17.6. The van der Waals surface area contributed by atoms with Gasteiger partial charge in [-0.25, -0.2) is 0 Å². The second-order valence-corrected chi connectivity index (χ2v) is 6.46. The van der Waals surface area contributed by atoms with Crippen LogP contribution in [0, 0.1) is 11.3 Å². The molecule has 7 heteroatoms. The summed E-state index contributed by atoms with van der Waals surface area (Å²) in [6, 6.07) is 15.2. The van der Waals surface area contributed by atoms with E-state index in [2.05, 4.69) is 21.6 Å². The van der Waals surface area contributed by atoms with Crippen LogP contribution in [-0.2, 0) is 17.8 Å². The number of amides is 1. The van der Waals surface area contributed by atoms with E-state index in [0.29, 0.717) is 24.2 Å². The number of anilines is 1. The van der Waals surface area contributed by atoms with E-state index >= 15 is 0 Å². The number of para-hydroxylation sites is 1. The number of benzene rings is 2. The highest BCUT2D eigenvalue weighted by Gasteiger charge is 2.25. The lowest BCUT2D eigenvalue weighted by Gasteiger charge is -2.17. The van der Waals surface area contributed by atoms with E-state index in [1.54, 1.807) is 12.1 Å². The number of nitriles is 1. The number of nitrogens with one attached hydrogen (secondary N) is 1. The van der Waals surface area contributed by atoms with Crippen LogP contribution in [0.1, 0.15) is 42.2 Å². The van der Waals surface area contributed by atoms with Crippen LogP contribution in [0.15, 0.2) is 47.5 Å². The molecule has 1 aliphatic rings. The van der Waals surface area contributed by atoms with Crippen molar-refractivity contribution in [2.75, 3.05) is 5.32 Å². The number of rotatable bonds is 3. The standard InChI is InChI=1S/C21H18N6O/c1-3-18-25-26-19-12-23-20(15-9-7-14(11-22)8-10-15)16-5-4-6-17(24-13(2)28)21(16)27(18)19/h4-10H,3,12H2,1-2H3,(H,24,28). The van der Waals surface area contributed by atoms with Crippen molar-refractivity contribution in [3.63, 3.8) is 0 Å². The lowest BCUT2D eigenvalue weighted by molar-refractivity contribution is -0.114. The Morgan fingerprint density at radius 1 is 1.21 bits per heavy atom. The Morgan fingerprint density at radius 2 is 2.00 bits per heavy atom. The molecule has 1 N–H and O–H groups in total. The molecule has 1 amide bonds. The van der Waals surface area contributed by atoms with Crippen molar-refractivity contribution in [2.45, 2.75) is 26.8 Å². The van der Waals surface area contributed by atoms with Crippen molar-refractivity contribution < 1.29 is 4.79 Å². The third kappa shape index (κ3) is 2.95. The van der Waals surface area contributed by atoms with Crippen LogP contribution in [0.3, 0.4) is 0 Å². The molecule has 4 rings (SSSR count). The molecule has 0 unspecified atom stereocenters. The van der Waals surface area contributed by atoms with E-state index in [0.717, 1.165) is 34.2 Å². The molecule has 0 saturated carbocycles. The zero-order valence-electron chi connectivity index (χ0n) is 15.6. The van der Waals surface area contributed by atoms with Gasteiger partial charge in [0, 0.05) is 24.5 Å². The maximum absolute atomic E-state index is 11.8. The summed E-state index contributed by atoms with van der Waals surface area (Å²) < 4.78 is 1.99. The van der Waals surface area contributed by atoms with E-state index in [-0.39, 0.29) is 5.91 Å². The quantitative estimate of drug-likeness (QED) is 0.766. The van der Waals surface area contributed by atoms with Crippen molar-refractivity contribution in [1.29, 1.82) is 5.26 Å². The zero-order chi connectivity index (χ0) is 19.7. The van der Waals surface area contributed by atoms with Crippen LogP contribution in [0.5, 0.6) is 0 Å². The highest BCUT2D eigenvalue weighted by atomic mass is 16.1. The fourth-order valence-electron chi connectivity index (χ4n) is 3.39. The smallest absolute Gasteiger partial charge is 0.221 e. The largest absolute Gasteiger partial charge is 0.324 e. The first-order valence-electron chi connectivity index (χ1n) is 9.02. The second kappa shape index (κ2) is 7.08. The Hall–Kier alpha value is -3.79. The predicted molar refractivity (Wildman–Crippen MR) is 106 cm³/mol. The van der Waals surface area contributed by atoms with Gasteiger partial charge >= 0.3 is 0 Å². The SMILES string of the molecule is CCc1nnc2n1-c1c(NC(C)=O)cccc1C(c1ccc(C#N)cc1)=NC2. The molecule has 2 aromatic carbocycles. The van der Waals surface area contributed by atoms with Gasteiger partial charge in [0.1, 0.15) is 12.4 Å². The fourth-order valence-corrected chi connectivity index (χ4v) is 3.39. The van der Waals surface area contributed by atoms with E-state index in [4.69, 9.17) is 10.3 Å². The van der Waals surface area contributed by atoms with Crippen molar-refractivity contribution in [3.05, 3.63) is 70.8 Å². The van der Waals surface area contributed by atoms with E-state index < -0.39 is 0 Å². The van der Waals surface area contributed by atoms with Crippen LogP contribution in [-0.4, -0.2) is 26.4 Å². The van der Waals surface area contributed by atoms with Gasteiger partial charge in [-0.05, 0) is 18.2 Å². The molecule has 0 fully saturated rings. The third-order valence-corrected chi connectivity index (χ3v) is 4.60. The number of carbonyl (C=O) groups excluding carboxylic acids is 1. The van der Waals surface area contributed by atoms with E-state index in [1.165, 1.54) is 6.92 Å². The van der Waals surface area contributed by atoms with Crippen LogP contribution < -0.4 is 5.32 Å². The van der Waals surface area contributed by atoms with Crippen molar-refractivity contribution in [2.24, 2.45) is 4.99 Å². The maximum atomic E-state index is 11.8. The highest BCUT2D eigenvalue weighted by Crippen LogP contribution is 2.32. The van der Waals surface area contributed by atoms with Crippen molar-refractivity contribution in [3.8, 4) is 11.8 Å². The Balaban J connectivity index is 1.97. The molecule has 3 aromatic rings. The predicted octanol–water partition coefficient (Wildman–Crippen LogP) is 3.01. The summed E-state index contributed by atoms with van der Waals surface area (Å²) in [5.41, 5.74) is 4.66. The molecule has 7 nitrogen and oxygen atoms in total. The van der Waals surface area contributed by atoms with Crippen LogP contribution in [0.2, 0.25) is 0 Å². The number of nitrogens with zero attached hydrogens (tertiary/aromatic N) is 5. The summed E-state index contributed by atoms with van der Waals surface area (Å²) in [6.07, 6.45) is 0.701. The van der Waals surface area contributed by atoms with Gasteiger partial charge in [0.25, 0.3) is 0 Å². The molecule has 0 radical (unpaired) electrons. The van der Waals surface area contributed by atoms with Crippen molar-refractivity contribution in [1.82, 2.24) is 14.8 Å². The number of hydrogen-bond acceptors (Lipinski definition) is 5. The summed E-state index contributed by atoms with van der Waals surface area (Å²) in [7, 11) is 0. The lowest BCUT2D eigenvalue weighted by Crippen LogP contribution is -2.15. The van der Waals surface area contributed by atoms with Gasteiger partial charge < -0.3 is 5.32 Å². The van der Waals surface area contributed by atoms with Crippen LogP contribution >= 0.6 is 0 Å². The number of aliphatic imine (C=N–C) groups is 1. The molecule has 28 heavy (non-hydrogen) atoms. The van der Waals surface area contributed by atoms with E-state index in [9.17, 15) is 4.79 Å². The second-order valence-electron chi connectivity index (χ2n) is 6.46. The Morgan fingerprint density at radius 3 is 2.68 bits per heavy atom. The molecule has 138 valence electrons. The topological polar surface area (TPSA) is 96.0 Å². The average molecular weight is 370 g/mol. The third-order valence-electron chi connectivity index (χ3n) is 4.60. The molecule has 0 spiro atoms. The normalized spacial score (nSPS) is 12.2. The Kier molecular flexibility index (Phi) is 4.45. The van der Waals surface area contributed by atoms with Crippen molar-refractivity contribution >= 4 is 17.3 Å². The van der Waals surface area contributed by atoms with Crippen LogP contribution in [0.25, 0.3) is 5.69 Å². The monoisotopic (exact) mass is 370 g/mol. The maximum Gasteiger partial charge on any atom is 0.221 e. The molecule has 0 atom stereocenters. The molecule has 0 bridgehead atoms. The molecule has 1 aliphatic heterocycles. The Bertz CT molecular complexity index is 1130. The summed E-state index contributed by atoms with van der Waals surface area (Å²) in [6.45, 7) is 3.88. The summed E-state index contributed by atoms with van der Waals surface area (Å²) >= 11 is 0. The Labute approximate surface area is 162 Å². The fraction of sp³-hybridized carbons (Fsp3) is 0.190. The minimum absolute atomic E-state index is 0.151. The molecule has 2 heterocycles. The number of carbonyl (C=O) groups is 1. The van der Waals surface area contributed by atoms with Gasteiger partial charge in [-0.3, -0.25) is 14.4 Å². The lowest BCUT2D eigenvalue weighted by atomic mass is 9.98. The minimum atomic E-state index is -0.151. The molecular formula is C21H18N6O. The average Bonchev–Trinajstić information content (AvgIpc) is 3.03. The van der Waals surface area contributed by atoms with Gasteiger partial charge in [0.2, 0.25) is 5.91 Å². The summed E-state index contributed by atoms with van der Waals surface area (Å²) in [4.78, 5) is 16.6. The van der Waals surface area contributed by atoms with Gasteiger partial charge in [-0.2, -0.15) is 5.26 Å². The molecule has 0 aliphatic carbocycles. The van der Waals surface area contributed by atoms with Crippen LogP contribution in [0.4, 0.5) is 5.69 Å². The van der Waals surface area contributed by atoms with Gasteiger partial charge in [-0.15, -0.1) is 10.2 Å². The zero-order valence-corrected chi connectivity index (χ0v) is 15.6. The minimum Gasteiger partial charge on any atom is -0.324 e.